The van der Waals surface area contributed by atoms with Gasteiger partial charge in [0.2, 0.25) is 0 Å². The number of likely N-dealkylation sites (tertiary alicyclic amines) is 1. The average molecular weight is 321 g/mol. The molecule has 0 aromatic carbocycles. The molecule has 0 bridgehead atoms. The van der Waals surface area contributed by atoms with Crippen molar-refractivity contribution in [1.29, 1.82) is 0 Å². The summed E-state index contributed by atoms with van der Waals surface area (Å²) in [7, 11) is 1.98. The molecule has 0 aliphatic carbocycles. The molecule has 1 aliphatic rings. The highest BCUT2D eigenvalue weighted by atomic mass is 79.9. The van der Waals surface area contributed by atoms with Gasteiger partial charge in [-0.1, -0.05) is 34.5 Å². The van der Waals surface area contributed by atoms with Crippen LogP contribution in [0, 0.1) is 5.92 Å². The number of nitrogens with zero attached hydrogens (tertiary/aromatic N) is 3. The van der Waals surface area contributed by atoms with Crippen LogP contribution in [0.15, 0.2) is 0 Å². The van der Waals surface area contributed by atoms with Crippen molar-refractivity contribution in [2.45, 2.75) is 26.3 Å². The van der Waals surface area contributed by atoms with Crippen molar-refractivity contribution >= 4 is 27.5 Å². The van der Waals surface area contributed by atoms with E-state index < -0.39 is 0 Å². The predicted molar refractivity (Wildman–Crippen MR) is 74.8 cm³/mol. The molecule has 1 atom stereocenters. The Bertz CT molecular complexity index is 391. The van der Waals surface area contributed by atoms with Gasteiger partial charge in [0.15, 0.2) is 0 Å². The van der Waals surface area contributed by atoms with E-state index in [1.165, 1.54) is 13.0 Å². The molecule has 1 aromatic rings. The minimum Gasteiger partial charge on any atom is -0.297 e. The van der Waals surface area contributed by atoms with Crippen molar-refractivity contribution in [3.05, 3.63) is 16.4 Å². The summed E-state index contributed by atoms with van der Waals surface area (Å²) in [4.78, 5) is 2.47. The van der Waals surface area contributed by atoms with Gasteiger partial charge in [-0.3, -0.25) is 9.58 Å². The number of hydrogen-bond donors (Lipinski definition) is 0. The fraction of sp³-hybridized carbons (Fsp3) is 0.750. The van der Waals surface area contributed by atoms with Crippen molar-refractivity contribution in [1.82, 2.24) is 14.7 Å². The highest BCUT2D eigenvalue weighted by molar-refractivity contribution is 9.09. The SMILES string of the molecule is CCc1nn(C)c(CN2CCC(CBr)C2)c1Cl. The normalized spacial score (nSPS) is 21.3. The summed E-state index contributed by atoms with van der Waals surface area (Å²) in [5, 5.41) is 6.42. The summed E-state index contributed by atoms with van der Waals surface area (Å²) in [6.45, 7) is 5.34. The van der Waals surface area contributed by atoms with Crippen molar-refractivity contribution in [2.24, 2.45) is 13.0 Å². The zero-order valence-corrected chi connectivity index (χ0v) is 12.8. The summed E-state index contributed by atoms with van der Waals surface area (Å²) in [5.74, 6) is 0.785. The second kappa shape index (κ2) is 5.72. The maximum Gasteiger partial charge on any atom is 0.0863 e. The minimum absolute atomic E-state index is 0.785. The number of hydrogen-bond acceptors (Lipinski definition) is 2. The van der Waals surface area contributed by atoms with Gasteiger partial charge in [0.25, 0.3) is 0 Å². The monoisotopic (exact) mass is 319 g/mol. The molecule has 3 nitrogen and oxygen atoms in total. The maximum atomic E-state index is 6.36. The lowest BCUT2D eigenvalue weighted by molar-refractivity contribution is 0.312. The van der Waals surface area contributed by atoms with Gasteiger partial charge in [0, 0.05) is 25.5 Å². The zero-order chi connectivity index (χ0) is 12.4. The lowest BCUT2D eigenvalue weighted by Crippen LogP contribution is -2.22. The van der Waals surface area contributed by atoms with E-state index in [0.29, 0.717) is 0 Å². The highest BCUT2D eigenvalue weighted by Gasteiger charge is 2.24. The summed E-state index contributed by atoms with van der Waals surface area (Å²) < 4.78 is 1.93. The number of alkyl halides is 1. The van der Waals surface area contributed by atoms with Gasteiger partial charge < -0.3 is 0 Å². The Kier molecular flexibility index (Phi) is 4.50. The van der Waals surface area contributed by atoms with E-state index in [2.05, 4.69) is 32.9 Å². The first-order chi connectivity index (χ1) is 8.15. The van der Waals surface area contributed by atoms with E-state index in [9.17, 15) is 0 Å². The summed E-state index contributed by atoms with van der Waals surface area (Å²) >= 11 is 9.92. The van der Waals surface area contributed by atoms with Gasteiger partial charge in [-0.2, -0.15) is 5.10 Å². The van der Waals surface area contributed by atoms with E-state index >= 15 is 0 Å². The van der Waals surface area contributed by atoms with Crippen LogP contribution < -0.4 is 0 Å². The van der Waals surface area contributed by atoms with Crippen LogP contribution in [0.1, 0.15) is 24.7 Å². The molecule has 1 unspecified atom stereocenters. The third kappa shape index (κ3) is 2.85. The Labute approximate surface area is 116 Å². The third-order valence-electron chi connectivity index (χ3n) is 3.46. The van der Waals surface area contributed by atoms with Gasteiger partial charge in [-0.15, -0.1) is 0 Å². The molecule has 1 saturated heterocycles. The van der Waals surface area contributed by atoms with Crippen LogP contribution in [0.5, 0.6) is 0 Å². The first-order valence-corrected chi connectivity index (χ1v) is 7.64. The summed E-state index contributed by atoms with van der Waals surface area (Å²) in [6.07, 6.45) is 2.18. The fourth-order valence-corrected chi connectivity index (χ4v) is 3.27. The molecule has 1 aliphatic heterocycles. The lowest BCUT2D eigenvalue weighted by atomic mass is 10.2. The largest absolute Gasteiger partial charge is 0.297 e. The van der Waals surface area contributed by atoms with E-state index in [-0.39, 0.29) is 0 Å². The van der Waals surface area contributed by atoms with Crippen molar-refractivity contribution in [3.8, 4) is 0 Å². The fourth-order valence-electron chi connectivity index (χ4n) is 2.39. The van der Waals surface area contributed by atoms with Crippen LogP contribution in [-0.2, 0) is 20.0 Å². The molecule has 5 heteroatoms. The average Bonchev–Trinajstić information content (AvgIpc) is 2.88. The van der Waals surface area contributed by atoms with Crippen LogP contribution in [0.2, 0.25) is 5.02 Å². The summed E-state index contributed by atoms with van der Waals surface area (Å²) in [5.41, 5.74) is 2.17. The molecule has 2 rings (SSSR count). The van der Waals surface area contributed by atoms with Crippen LogP contribution in [0.4, 0.5) is 0 Å². The maximum absolute atomic E-state index is 6.36. The standard InChI is InChI=1S/C12H19BrClN3/c1-3-10-12(14)11(16(2)15-10)8-17-5-4-9(6-13)7-17/h9H,3-8H2,1-2H3. The first-order valence-electron chi connectivity index (χ1n) is 6.14. The van der Waals surface area contributed by atoms with E-state index in [1.807, 2.05) is 11.7 Å². The molecule has 0 N–H and O–H groups in total. The number of aryl methyl sites for hydroxylation is 2. The molecule has 0 radical (unpaired) electrons. The molecule has 17 heavy (non-hydrogen) atoms. The Morgan fingerprint density at radius 3 is 2.82 bits per heavy atom. The molecule has 0 saturated carbocycles. The Morgan fingerprint density at radius 1 is 1.53 bits per heavy atom. The molecule has 1 fully saturated rings. The van der Waals surface area contributed by atoms with Gasteiger partial charge >= 0.3 is 0 Å². The van der Waals surface area contributed by atoms with Crippen LogP contribution in [0.3, 0.4) is 0 Å². The molecule has 2 heterocycles. The first kappa shape index (κ1) is 13.4. The van der Waals surface area contributed by atoms with Gasteiger partial charge in [0.1, 0.15) is 0 Å². The third-order valence-corrected chi connectivity index (χ3v) is 4.82. The quantitative estimate of drug-likeness (QED) is 0.796. The van der Waals surface area contributed by atoms with E-state index in [1.54, 1.807) is 0 Å². The predicted octanol–water partition coefficient (Wildman–Crippen LogP) is 2.85. The van der Waals surface area contributed by atoms with Crippen LogP contribution >= 0.6 is 27.5 Å². The van der Waals surface area contributed by atoms with Gasteiger partial charge in [-0.25, -0.2) is 0 Å². The molecular weight excluding hydrogens is 302 g/mol. The molecular formula is C12H19BrClN3. The highest BCUT2D eigenvalue weighted by Crippen LogP contribution is 2.25. The van der Waals surface area contributed by atoms with Crippen LogP contribution in [0.25, 0.3) is 0 Å². The Hall–Kier alpha value is -0.0600. The number of halogens is 2. The van der Waals surface area contributed by atoms with Crippen molar-refractivity contribution < 1.29 is 0 Å². The van der Waals surface area contributed by atoms with Crippen molar-refractivity contribution in [3.63, 3.8) is 0 Å². The zero-order valence-electron chi connectivity index (χ0n) is 10.4. The van der Waals surface area contributed by atoms with Crippen LogP contribution in [-0.4, -0.2) is 33.1 Å². The second-order valence-electron chi connectivity index (χ2n) is 4.73. The minimum atomic E-state index is 0.785. The molecule has 0 spiro atoms. The molecule has 96 valence electrons. The number of rotatable bonds is 4. The summed E-state index contributed by atoms with van der Waals surface area (Å²) in [6, 6.07) is 0. The lowest BCUT2D eigenvalue weighted by Gasteiger charge is -2.15. The number of aromatic nitrogens is 2. The van der Waals surface area contributed by atoms with Crippen molar-refractivity contribution in [2.75, 3.05) is 18.4 Å². The molecule has 0 amide bonds. The van der Waals surface area contributed by atoms with Gasteiger partial charge in [0.05, 0.1) is 16.4 Å². The Morgan fingerprint density at radius 2 is 2.29 bits per heavy atom. The van der Waals surface area contributed by atoms with E-state index in [0.717, 1.165) is 47.2 Å². The topological polar surface area (TPSA) is 21.1 Å². The van der Waals surface area contributed by atoms with Gasteiger partial charge in [-0.05, 0) is 25.3 Å². The van der Waals surface area contributed by atoms with E-state index in [4.69, 9.17) is 11.6 Å². The second-order valence-corrected chi connectivity index (χ2v) is 5.75. The Balaban J connectivity index is 2.06. The molecule has 1 aromatic heterocycles. The smallest absolute Gasteiger partial charge is 0.0863 e.